The average molecular weight is 281 g/mol. The molecule has 0 fully saturated rings. The molecule has 1 aromatic heterocycles. The van der Waals surface area contributed by atoms with Gasteiger partial charge >= 0.3 is 5.97 Å². The van der Waals surface area contributed by atoms with Gasteiger partial charge in [0, 0.05) is 6.08 Å². The van der Waals surface area contributed by atoms with Crippen LogP contribution < -0.4 is 0 Å². The van der Waals surface area contributed by atoms with Crippen LogP contribution in [0.3, 0.4) is 0 Å². The topological polar surface area (TPSA) is 83.6 Å². The number of hydrogen-bond acceptors (Lipinski definition) is 4. The van der Waals surface area contributed by atoms with Crippen molar-refractivity contribution in [3.63, 3.8) is 0 Å². The highest BCUT2D eigenvalue weighted by Gasteiger charge is 2.12. The average Bonchev–Trinajstić information content (AvgIpc) is 2.87. The van der Waals surface area contributed by atoms with E-state index in [9.17, 15) is 9.90 Å². The summed E-state index contributed by atoms with van der Waals surface area (Å²) in [6.07, 6.45) is 3.35. The van der Waals surface area contributed by atoms with Crippen LogP contribution in [0.25, 0.3) is 23.3 Å². The van der Waals surface area contributed by atoms with Gasteiger partial charge < -0.3 is 14.6 Å². The van der Waals surface area contributed by atoms with Crippen molar-refractivity contribution >= 4 is 29.2 Å². The Bertz CT molecular complexity index is 848. The molecule has 5 heteroatoms. The van der Waals surface area contributed by atoms with Crippen molar-refractivity contribution in [2.24, 2.45) is 0 Å². The quantitative estimate of drug-likeness (QED) is 0.768. The molecule has 0 aliphatic heterocycles. The molecular formula is C16H11NO4. The molecule has 0 saturated heterocycles. The molecule has 3 aromatic rings. The van der Waals surface area contributed by atoms with Gasteiger partial charge in [-0.05, 0) is 35.9 Å². The molecule has 2 aromatic carbocycles. The number of phenols is 1. The van der Waals surface area contributed by atoms with E-state index >= 15 is 0 Å². The Balaban J connectivity index is 1.98. The van der Waals surface area contributed by atoms with Gasteiger partial charge in [-0.2, -0.15) is 0 Å². The Morgan fingerprint density at radius 1 is 1.14 bits per heavy atom. The van der Waals surface area contributed by atoms with Gasteiger partial charge in [0.1, 0.15) is 11.3 Å². The number of oxazole rings is 1. The number of carbonyl (C=O) groups is 1. The number of carboxylic acids is 1. The summed E-state index contributed by atoms with van der Waals surface area (Å²) in [6, 6.07) is 11.5. The maximum atomic E-state index is 11.1. The number of para-hydroxylation sites is 1. The van der Waals surface area contributed by atoms with E-state index in [0.717, 1.165) is 5.56 Å². The van der Waals surface area contributed by atoms with Gasteiger partial charge in [-0.15, -0.1) is 0 Å². The summed E-state index contributed by atoms with van der Waals surface area (Å²) < 4.78 is 5.49. The zero-order chi connectivity index (χ0) is 14.8. The molecule has 0 unspecified atom stereocenters. The highest BCUT2D eigenvalue weighted by Crippen LogP contribution is 2.21. The molecule has 104 valence electrons. The Kier molecular flexibility index (Phi) is 3.16. The number of aromatic hydroxyl groups is 1. The first-order chi connectivity index (χ1) is 10.1. The minimum Gasteiger partial charge on any atom is -0.508 e. The SMILES string of the molecule is O=C(O)c1cccc2oc(/C=C/c3cccc(O)c3)nc12. The van der Waals surface area contributed by atoms with Crippen LogP contribution in [0.5, 0.6) is 5.75 Å². The highest BCUT2D eigenvalue weighted by atomic mass is 16.4. The lowest BCUT2D eigenvalue weighted by Gasteiger charge is -1.93. The third kappa shape index (κ3) is 2.62. The van der Waals surface area contributed by atoms with Crippen LogP contribution in [-0.4, -0.2) is 21.2 Å². The van der Waals surface area contributed by atoms with Crippen LogP contribution >= 0.6 is 0 Å². The number of aromatic carboxylic acids is 1. The minimum absolute atomic E-state index is 0.105. The van der Waals surface area contributed by atoms with E-state index < -0.39 is 5.97 Å². The fraction of sp³-hybridized carbons (Fsp3) is 0. The van der Waals surface area contributed by atoms with Gasteiger partial charge in [0.15, 0.2) is 5.58 Å². The second-order valence-electron chi connectivity index (χ2n) is 4.44. The summed E-state index contributed by atoms with van der Waals surface area (Å²) in [5, 5.41) is 18.5. The minimum atomic E-state index is -1.04. The molecule has 0 amide bonds. The number of fused-ring (bicyclic) bond motifs is 1. The van der Waals surface area contributed by atoms with Crippen LogP contribution in [0.2, 0.25) is 0 Å². The highest BCUT2D eigenvalue weighted by molar-refractivity contribution is 6.00. The van der Waals surface area contributed by atoms with Crippen molar-refractivity contribution in [1.82, 2.24) is 4.98 Å². The Hall–Kier alpha value is -3.08. The molecule has 0 aliphatic rings. The van der Waals surface area contributed by atoms with Crippen molar-refractivity contribution in [2.45, 2.75) is 0 Å². The summed E-state index contributed by atoms with van der Waals surface area (Å²) >= 11 is 0. The van der Waals surface area contributed by atoms with Crippen LogP contribution in [0.4, 0.5) is 0 Å². The number of rotatable bonds is 3. The molecular weight excluding hydrogens is 270 g/mol. The van der Waals surface area contributed by atoms with Gasteiger partial charge in [-0.1, -0.05) is 18.2 Å². The van der Waals surface area contributed by atoms with E-state index in [1.54, 1.807) is 42.5 Å². The number of aromatic nitrogens is 1. The lowest BCUT2D eigenvalue weighted by Crippen LogP contribution is -1.96. The van der Waals surface area contributed by atoms with Crippen LogP contribution in [0, 0.1) is 0 Å². The molecule has 0 bridgehead atoms. The van der Waals surface area contributed by atoms with Gasteiger partial charge in [0.05, 0.1) is 5.56 Å². The summed E-state index contributed by atoms with van der Waals surface area (Å²) in [6.45, 7) is 0. The molecule has 21 heavy (non-hydrogen) atoms. The Morgan fingerprint density at radius 2 is 1.95 bits per heavy atom. The molecule has 0 saturated carbocycles. The molecule has 0 radical (unpaired) electrons. The third-order valence-electron chi connectivity index (χ3n) is 2.95. The number of benzene rings is 2. The second kappa shape index (κ2) is 5.13. The first kappa shape index (κ1) is 12.9. The van der Waals surface area contributed by atoms with Gasteiger partial charge in [-0.3, -0.25) is 0 Å². The summed E-state index contributed by atoms with van der Waals surface area (Å²) in [4.78, 5) is 15.3. The first-order valence-electron chi connectivity index (χ1n) is 6.23. The largest absolute Gasteiger partial charge is 0.508 e. The predicted molar refractivity (Wildman–Crippen MR) is 78.0 cm³/mol. The number of carboxylic acid groups (broad SMARTS) is 1. The summed E-state index contributed by atoms with van der Waals surface area (Å²) in [7, 11) is 0. The van der Waals surface area contributed by atoms with E-state index in [1.807, 2.05) is 6.07 Å². The smallest absolute Gasteiger partial charge is 0.338 e. The van der Waals surface area contributed by atoms with E-state index in [4.69, 9.17) is 9.52 Å². The zero-order valence-corrected chi connectivity index (χ0v) is 10.9. The molecule has 2 N–H and O–H groups in total. The normalized spacial score (nSPS) is 11.2. The first-order valence-corrected chi connectivity index (χ1v) is 6.23. The lowest BCUT2D eigenvalue weighted by atomic mass is 10.2. The molecule has 0 atom stereocenters. The Morgan fingerprint density at radius 3 is 2.71 bits per heavy atom. The molecule has 5 nitrogen and oxygen atoms in total. The lowest BCUT2D eigenvalue weighted by molar-refractivity contribution is 0.0699. The number of phenolic OH excluding ortho intramolecular Hbond substituents is 1. The zero-order valence-electron chi connectivity index (χ0n) is 10.9. The second-order valence-corrected chi connectivity index (χ2v) is 4.44. The van der Waals surface area contributed by atoms with E-state index in [2.05, 4.69) is 4.98 Å². The van der Waals surface area contributed by atoms with Crippen molar-refractivity contribution < 1.29 is 19.4 Å². The standard InChI is InChI=1S/C16H11NO4/c18-11-4-1-3-10(9-11)7-8-14-17-15-12(16(19)20)5-2-6-13(15)21-14/h1-9,18H,(H,19,20)/b8-7+. The molecule has 0 spiro atoms. The Labute approximate surface area is 119 Å². The van der Waals surface area contributed by atoms with Crippen LogP contribution in [0.15, 0.2) is 46.9 Å². The van der Waals surface area contributed by atoms with Gasteiger partial charge in [0.25, 0.3) is 0 Å². The van der Waals surface area contributed by atoms with Crippen LogP contribution in [-0.2, 0) is 0 Å². The van der Waals surface area contributed by atoms with Gasteiger partial charge in [0.2, 0.25) is 5.89 Å². The van der Waals surface area contributed by atoms with E-state index in [0.29, 0.717) is 17.0 Å². The van der Waals surface area contributed by atoms with E-state index in [-0.39, 0.29) is 11.3 Å². The monoisotopic (exact) mass is 281 g/mol. The van der Waals surface area contributed by atoms with Crippen molar-refractivity contribution in [3.8, 4) is 5.75 Å². The van der Waals surface area contributed by atoms with Crippen molar-refractivity contribution in [3.05, 3.63) is 59.5 Å². The maximum absolute atomic E-state index is 11.1. The number of hydrogen-bond donors (Lipinski definition) is 2. The fourth-order valence-electron chi connectivity index (χ4n) is 2.01. The predicted octanol–water partition coefficient (Wildman–Crippen LogP) is 3.40. The molecule has 3 rings (SSSR count). The van der Waals surface area contributed by atoms with Crippen molar-refractivity contribution in [2.75, 3.05) is 0 Å². The summed E-state index contributed by atoms with van der Waals surface area (Å²) in [5.74, 6) is -0.567. The van der Waals surface area contributed by atoms with Crippen molar-refractivity contribution in [1.29, 1.82) is 0 Å². The molecule has 1 heterocycles. The summed E-state index contributed by atoms with van der Waals surface area (Å²) in [5.41, 5.74) is 1.63. The number of nitrogens with zero attached hydrogens (tertiary/aromatic N) is 1. The maximum Gasteiger partial charge on any atom is 0.338 e. The van der Waals surface area contributed by atoms with E-state index in [1.165, 1.54) is 6.07 Å². The fourth-order valence-corrected chi connectivity index (χ4v) is 2.01. The van der Waals surface area contributed by atoms with Crippen LogP contribution in [0.1, 0.15) is 21.8 Å². The van der Waals surface area contributed by atoms with Gasteiger partial charge in [-0.25, -0.2) is 9.78 Å². The molecule has 0 aliphatic carbocycles. The third-order valence-corrected chi connectivity index (χ3v) is 2.95.